The SMILES string of the molecule is Cn1ccnc1CN1CCO[C@@H]2[C@@H](COCc3nccs3)CC[C@H]21. The highest BCUT2D eigenvalue weighted by Crippen LogP contribution is 2.35. The van der Waals surface area contributed by atoms with Gasteiger partial charge in [0.2, 0.25) is 0 Å². The van der Waals surface area contributed by atoms with Gasteiger partial charge in [-0.15, -0.1) is 11.3 Å². The van der Waals surface area contributed by atoms with Crippen molar-refractivity contribution in [2.45, 2.75) is 38.1 Å². The Kier molecular flexibility index (Phi) is 4.93. The Labute approximate surface area is 146 Å². The Morgan fingerprint density at radius 3 is 3.08 bits per heavy atom. The molecule has 1 aliphatic heterocycles. The number of aryl methyl sites for hydroxylation is 1. The van der Waals surface area contributed by atoms with Crippen molar-refractivity contribution in [2.75, 3.05) is 19.8 Å². The van der Waals surface area contributed by atoms with Crippen molar-refractivity contribution >= 4 is 11.3 Å². The molecule has 0 bridgehead atoms. The van der Waals surface area contributed by atoms with Crippen LogP contribution in [0.25, 0.3) is 0 Å². The van der Waals surface area contributed by atoms with Crippen LogP contribution in [0.3, 0.4) is 0 Å². The first-order valence-electron chi connectivity index (χ1n) is 8.59. The number of hydrogen-bond donors (Lipinski definition) is 0. The third-order valence-electron chi connectivity index (χ3n) is 5.14. The first-order chi connectivity index (χ1) is 11.8. The summed E-state index contributed by atoms with van der Waals surface area (Å²) in [6.07, 6.45) is 8.35. The zero-order valence-corrected chi connectivity index (χ0v) is 14.8. The normalized spacial score (nSPS) is 27.5. The summed E-state index contributed by atoms with van der Waals surface area (Å²) in [5.74, 6) is 1.61. The largest absolute Gasteiger partial charge is 0.375 e. The molecule has 0 radical (unpaired) electrons. The van der Waals surface area contributed by atoms with Crippen LogP contribution < -0.4 is 0 Å². The van der Waals surface area contributed by atoms with Crippen LogP contribution >= 0.6 is 11.3 Å². The number of hydrogen-bond acceptors (Lipinski definition) is 6. The highest BCUT2D eigenvalue weighted by Gasteiger charge is 2.42. The van der Waals surface area contributed by atoms with Gasteiger partial charge in [0.05, 0.1) is 32.5 Å². The minimum absolute atomic E-state index is 0.287. The summed E-state index contributed by atoms with van der Waals surface area (Å²) in [5, 5.41) is 3.04. The summed E-state index contributed by atoms with van der Waals surface area (Å²) in [7, 11) is 2.06. The van der Waals surface area contributed by atoms with Crippen LogP contribution in [0.5, 0.6) is 0 Å². The molecule has 7 heteroatoms. The van der Waals surface area contributed by atoms with Crippen LogP contribution in [-0.2, 0) is 29.7 Å². The minimum atomic E-state index is 0.287. The highest BCUT2D eigenvalue weighted by atomic mass is 32.1. The molecule has 1 aliphatic carbocycles. The maximum atomic E-state index is 6.12. The first kappa shape index (κ1) is 16.2. The molecule has 1 saturated carbocycles. The van der Waals surface area contributed by atoms with Crippen LogP contribution in [0.15, 0.2) is 24.0 Å². The topological polar surface area (TPSA) is 52.4 Å². The second-order valence-corrected chi connectivity index (χ2v) is 7.59. The van der Waals surface area contributed by atoms with E-state index in [0.717, 1.165) is 37.1 Å². The molecular formula is C17H24N4O2S. The molecule has 2 aliphatic rings. The molecule has 1 saturated heterocycles. The molecule has 6 nitrogen and oxygen atoms in total. The molecule has 0 aromatic carbocycles. The van der Waals surface area contributed by atoms with Gasteiger partial charge < -0.3 is 14.0 Å². The van der Waals surface area contributed by atoms with Crippen LogP contribution in [0, 0.1) is 5.92 Å². The molecule has 3 heterocycles. The van der Waals surface area contributed by atoms with Crippen LogP contribution in [0.4, 0.5) is 0 Å². The van der Waals surface area contributed by atoms with Crippen LogP contribution in [0.2, 0.25) is 0 Å². The first-order valence-corrected chi connectivity index (χ1v) is 9.47. The molecule has 0 spiro atoms. The van der Waals surface area contributed by atoms with Gasteiger partial charge in [-0.3, -0.25) is 4.90 Å². The van der Waals surface area contributed by atoms with Crippen molar-refractivity contribution in [2.24, 2.45) is 13.0 Å². The van der Waals surface area contributed by atoms with E-state index < -0.39 is 0 Å². The molecule has 130 valence electrons. The van der Waals surface area contributed by atoms with Crippen molar-refractivity contribution in [3.05, 3.63) is 34.8 Å². The zero-order valence-electron chi connectivity index (χ0n) is 14.0. The van der Waals surface area contributed by atoms with Gasteiger partial charge in [0.25, 0.3) is 0 Å². The van der Waals surface area contributed by atoms with Crippen molar-refractivity contribution in [3.8, 4) is 0 Å². The molecule has 0 N–H and O–H groups in total. The number of aromatic nitrogens is 3. The van der Waals surface area contributed by atoms with Crippen molar-refractivity contribution < 1.29 is 9.47 Å². The Hall–Kier alpha value is -1.28. The summed E-state index contributed by atoms with van der Waals surface area (Å²) in [4.78, 5) is 11.3. The Morgan fingerprint density at radius 1 is 1.33 bits per heavy atom. The van der Waals surface area contributed by atoms with Crippen molar-refractivity contribution in [3.63, 3.8) is 0 Å². The Bertz CT molecular complexity index is 645. The van der Waals surface area contributed by atoms with Gasteiger partial charge in [-0.2, -0.15) is 0 Å². The number of morpholine rings is 1. The van der Waals surface area contributed by atoms with Crippen molar-refractivity contribution in [1.29, 1.82) is 0 Å². The monoisotopic (exact) mass is 348 g/mol. The van der Waals surface area contributed by atoms with Gasteiger partial charge in [-0.25, -0.2) is 9.97 Å². The molecule has 2 fully saturated rings. The smallest absolute Gasteiger partial charge is 0.122 e. The summed E-state index contributed by atoms with van der Waals surface area (Å²) < 4.78 is 14.1. The molecule has 0 unspecified atom stereocenters. The van der Waals surface area contributed by atoms with Gasteiger partial charge in [0.15, 0.2) is 0 Å². The molecule has 4 rings (SSSR count). The van der Waals surface area contributed by atoms with E-state index in [4.69, 9.17) is 9.47 Å². The van der Waals surface area contributed by atoms with E-state index in [1.54, 1.807) is 11.3 Å². The minimum Gasteiger partial charge on any atom is -0.375 e. The fraction of sp³-hybridized carbons (Fsp3) is 0.647. The number of thiazole rings is 1. The average molecular weight is 348 g/mol. The number of nitrogens with zero attached hydrogens (tertiary/aromatic N) is 4. The predicted octanol–water partition coefficient (Wildman–Crippen LogP) is 2.07. The fourth-order valence-corrected chi connectivity index (χ4v) is 4.42. The van der Waals surface area contributed by atoms with E-state index in [0.29, 0.717) is 18.6 Å². The predicted molar refractivity (Wildman–Crippen MR) is 91.6 cm³/mol. The molecule has 3 atom stereocenters. The third-order valence-corrected chi connectivity index (χ3v) is 5.89. The molecule has 2 aromatic heterocycles. The van der Waals surface area contributed by atoms with Crippen LogP contribution in [0.1, 0.15) is 23.7 Å². The number of fused-ring (bicyclic) bond motifs is 1. The maximum absolute atomic E-state index is 6.12. The average Bonchev–Trinajstić information content (AvgIpc) is 3.31. The van der Waals surface area contributed by atoms with Crippen molar-refractivity contribution in [1.82, 2.24) is 19.4 Å². The van der Waals surface area contributed by atoms with E-state index in [1.807, 2.05) is 24.0 Å². The van der Waals surface area contributed by atoms with E-state index in [-0.39, 0.29) is 6.10 Å². The zero-order chi connectivity index (χ0) is 16.4. The van der Waals surface area contributed by atoms with E-state index in [9.17, 15) is 0 Å². The Balaban J connectivity index is 1.33. The van der Waals surface area contributed by atoms with E-state index in [1.165, 1.54) is 12.8 Å². The second kappa shape index (κ2) is 7.31. The summed E-state index contributed by atoms with van der Waals surface area (Å²) in [5.41, 5.74) is 0. The number of imidazole rings is 1. The molecular weight excluding hydrogens is 324 g/mol. The molecule has 24 heavy (non-hydrogen) atoms. The molecule has 0 amide bonds. The van der Waals surface area contributed by atoms with Gasteiger partial charge in [0, 0.05) is 49.5 Å². The van der Waals surface area contributed by atoms with Gasteiger partial charge in [0.1, 0.15) is 10.8 Å². The van der Waals surface area contributed by atoms with E-state index >= 15 is 0 Å². The quantitative estimate of drug-likeness (QED) is 0.800. The number of rotatable bonds is 6. The number of ether oxygens (including phenoxy) is 2. The summed E-state index contributed by atoms with van der Waals surface area (Å²) >= 11 is 1.65. The lowest BCUT2D eigenvalue weighted by atomic mass is 10.0. The molecule has 2 aromatic rings. The standard InChI is InChI=1S/C17H24N4O2S/c1-20-6-4-18-15(20)10-21-7-8-23-17-13(2-3-14(17)21)11-22-12-16-19-5-9-24-16/h4-6,9,13-14,17H,2-3,7-8,10-12H2,1H3/t13-,14-,17-/m1/s1. The lowest BCUT2D eigenvalue weighted by Gasteiger charge is -2.39. The highest BCUT2D eigenvalue weighted by molar-refractivity contribution is 7.09. The lowest BCUT2D eigenvalue weighted by Crippen LogP contribution is -2.50. The Morgan fingerprint density at radius 2 is 2.29 bits per heavy atom. The van der Waals surface area contributed by atoms with Gasteiger partial charge in [-0.05, 0) is 12.8 Å². The van der Waals surface area contributed by atoms with Gasteiger partial charge in [-0.1, -0.05) is 0 Å². The fourth-order valence-electron chi connectivity index (χ4n) is 3.86. The lowest BCUT2D eigenvalue weighted by molar-refractivity contribution is -0.0898. The van der Waals surface area contributed by atoms with Gasteiger partial charge >= 0.3 is 0 Å². The maximum Gasteiger partial charge on any atom is 0.122 e. The summed E-state index contributed by atoms with van der Waals surface area (Å²) in [6.45, 7) is 4.07. The second-order valence-electron chi connectivity index (χ2n) is 6.61. The van der Waals surface area contributed by atoms with Crippen LogP contribution in [-0.4, -0.2) is 51.3 Å². The van der Waals surface area contributed by atoms with E-state index in [2.05, 4.69) is 26.5 Å². The summed E-state index contributed by atoms with van der Waals surface area (Å²) in [6, 6.07) is 0.490. The third kappa shape index (κ3) is 3.39.